The highest BCUT2D eigenvalue weighted by atomic mass is 79.9. The molecule has 1 rings (SSSR count). The third-order valence-electron chi connectivity index (χ3n) is 2.13. The molecule has 0 aliphatic rings. The first kappa shape index (κ1) is 15.7. The number of halogens is 2. The molecule has 0 aromatic heterocycles. The standard InChI is InChI=1S/C12H16BrClN2OS/c1-2-17-7-3-6-15-12(18)16-9-4-5-11(14)10(13)8-9/h4-5,8H,2-3,6-7H2,1H3,(H2,15,16,18). The normalized spacial score (nSPS) is 10.2. The maximum Gasteiger partial charge on any atom is 0.170 e. The summed E-state index contributed by atoms with van der Waals surface area (Å²) in [5.41, 5.74) is 0.897. The summed E-state index contributed by atoms with van der Waals surface area (Å²) in [6.07, 6.45) is 0.931. The van der Waals surface area contributed by atoms with Gasteiger partial charge >= 0.3 is 0 Å². The third-order valence-corrected chi connectivity index (χ3v) is 3.59. The molecule has 100 valence electrons. The first-order valence-corrected chi connectivity index (χ1v) is 7.29. The molecule has 0 heterocycles. The van der Waals surface area contributed by atoms with E-state index in [0.717, 1.165) is 36.3 Å². The van der Waals surface area contributed by atoms with Crippen molar-refractivity contribution in [3.05, 3.63) is 27.7 Å². The maximum absolute atomic E-state index is 5.91. The van der Waals surface area contributed by atoms with Crippen molar-refractivity contribution in [1.82, 2.24) is 5.32 Å². The quantitative estimate of drug-likeness (QED) is 0.603. The average Bonchev–Trinajstić information content (AvgIpc) is 2.34. The van der Waals surface area contributed by atoms with E-state index in [2.05, 4.69) is 26.6 Å². The molecule has 1 aromatic rings. The van der Waals surface area contributed by atoms with Gasteiger partial charge in [0.25, 0.3) is 0 Å². The molecular formula is C12H16BrClN2OS. The Hall–Kier alpha value is -0.360. The predicted molar refractivity (Wildman–Crippen MR) is 84.5 cm³/mol. The number of rotatable bonds is 6. The van der Waals surface area contributed by atoms with Crippen LogP contribution in [0.15, 0.2) is 22.7 Å². The Labute approximate surface area is 126 Å². The molecule has 0 aliphatic carbocycles. The predicted octanol–water partition coefficient (Wildman–Crippen LogP) is 3.82. The lowest BCUT2D eigenvalue weighted by atomic mass is 10.3. The van der Waals surface area contributed by atoms with Crippen LogP contribution in [0.3, 0.4) is 0 Å². The zero-order valence-corrected chi connectivity index (χ0v) is 13.3. The molecule has 1 aromatic carbocycles. The van der Waals surface area contributed by atoms with Gasteiger partial charge in [0.1, 0.15) is 0 Å². The smallest absolute Gasteiger partial charge is 0.170 e. The Morgan fingerprint density at radius 1 is 1.50 bits per heavy atom. The molecule has 6 heteroatoms. The van der Waals surface area contributed by atoms with Crippen LogP contribution in [-0.2, 0) is 4.74 Å². The summed E-state index contributed by atoms with van der Waals surface area (Å²) in [5.74, 6) is 0. The molecule has 0 unspecified atom stereocenters. The van der Waals surface area contributed by atoms with Gasteiger partial charge in [-0.05, 0) is 59.7 Å². The molecular weight excluding hydrogens is 336 g/mol. The molecule has 2 N–H and O–H groups in total. The highest BCUT2D eigenvalue weighted by molar-refractivity contribution is 9.10. The lowest BCUT2D eigenvalue weighted by Gasteiger charge is -2.11. The second-order valence-corrected chi connectivity index (χ2v) is 5.23. The van der Waals surface area contributed by atoms with E-state index in [1.165, 1.54) is 0 Å². The molecule has 0 fully saturated rings. The number of benzene rings is 1. The van der Waals surface area contributed by atoms with Gasteiger partial charge in [0.15, 0.2) is 5.11 Å². The van der Waals surface area contributed by atoms with Gasteiger partial charge in [0.2, 0.25) is 0 Å². The topological polar surface area (TPSA) is 33.3 Å². The molecule has 0 bridgehead atoms. The molecule has 0 saturated carbocycles. The molecule has 0 radical (unpaired) electrons. The van der Waals surface area contributed by atoms with Gasteiger partial charge in [0, 0.05) is 29.9 Å². The first-order valence-electron chi connectivity index (χ1n) is 5.71. The Bertz CT molecular complexity index is 404. The van der Waals surface area contributed by atoms with E-state index in [4.69, 9.17) is 28.6 Å². The van der Waals surface area contributed by atoms with Gasteiger partial charge < -0.3 is 15.4 Å². The van der Waals surface area contributed by atoms with Crippen molar-refractivity contribution in [3.8, 4) is 0 Å². The van der Waals surface area contributed by atoms with Gasteiger partial charge in [-0.15, -0.1) is 0 Å². The Morgan fingerprint density at radius 2 is 2.28 bits per heavy atom. The maximum atomic E-state index is 5.91. The zero-order chi connectivity index (χ0) is 13.4. The molecule has 0 spiro atoms. The third kappa shape index (κ3) is 6.00. The van der Waals surface area contributed by atoms with Crippen molar-refractivity contribution in [2.45, 2.75) is 13.3 Å². The summed E-state index contributed by atoms with van der Waals surface area (Å²) in [5, 5.41) is 7.48. The summed E-state index contributed by atoms with van der Waals surface area (Å²) in [4.78, 5) is 0. The van der Waals surface area contributed by atoms with Crippen LogP contribution >= 0.6 is 39.7 Å². The van der Waals surface area contributed by atoms with Crippen molar-refractivity contribution < 1.29 is 4.74 Å². The monoisotopic (exact) mass is 350 g/mol. The van der Waals surface area contributed by atoms with Crippen LogP contribution in [0.25, 0.3) is 0 Å². The summed E-state index contributed by atoms with van der Waals surface area (Å²) in [6.45, 7) is 4.28. The van der Waals surface area contributed by atoms with Gasteiger partial charge in [-0.1, -0.05) is 11.6 Å². The largest absolute Gasteiger partial charge is 0.382 e. The van der Waals surface area contributed by atoms with Crippen LogP contribution in [0.4, 0.5) is 5.69 Å². The second kappa shape index (κ2) is 8.69. The fraction of sp³-hybridized carbons (Fsp3) is 0.417. The van der Waals surface area contributed by atoms with Crippen LogP contribution in [0, 0.1) is 0 Å². The first-order chi connectivity index (χ1) is 8.63. The van der Waals surface area contributed by atoms with Gasteiger partial charge in [0.05, 0.1) is 5.02 Å². The van der Waals surface area contributed by atoms with E-state index >= 15 is 0 Å². The highest BCUT2D eigenvalue weighted by Gasteiger charge is 2.00. The van der Waals surface area contributed by atoms with Crippen LogP contribution in [-0.4, -0.2) is 24.9 Å². The van der Waals surface area contributed by atoms with Crippen molar-refractivity contribution in [1.29, 1.82) is 0 Å². The Balaban J connectivity index is 2.29. The summed E-state index contributed by atoms with van der Waals surface area (Å²) >= 11 is 14.5. The van der Waals surface area contributed by atoms with E-state index in [-0.39, 0.29) is 0 Å². The zero-order valence-electron chi connectivity index (χ0n) is 10.1. The number of nitrogens with one attached hydrogen (secondary N) is 2. The number of thiocarbonyl (C=S) groups is 1. The molecule has 3 nitrogen and oxygen atoms in total. The molecule has 0 amide bonds. The minimum atomic E-state index is 0.598. The van der Waals surface area contributed by atoms with E-state index in [1.807, 2.05) is 25.1 Å². The molecule has 18 heavy (non-hydrogen) atoms. The lowest BCUT2D eigenvalue weighted by molar-refractivity contribution is 0.146. The van der Waals surface area contributed by atoms with Gasteiger partial charge in [-0.25, -0.2) is 0 Å². The van der Waals surface area contributed by atoms with E-state index in [1.54, 1.807) is 0 Å². The summed E-state index contributed by atoms with van der Waals surface area (Å²) in [6, 6.07) is 5.57. The summed E-state index contributed by atoms with van der Waals surface area (Å²) < 4.78 is 6.08. The van der Waals surface area contributed by atoms with Crippen molar-refractivity contribution in [3.63, 3.8) is 0 Å². The fourth-order valence-corrected chi connectivity index (χ4v) is 1.99. The molecule has 0 atom stereocenters. The lowest BCUT2D eigenvalue weighted by Crippen LogP contribution is -2.29. The average molecular weight is 352 g/mol. The van der Waals surface area contributed by atoms with E-state index < -0.39 is 0 Å². The fourth-order valence-electron chi connectivity index (χ4n) is 1.27. The van der Waals surface area contributed by atoms with Crippen LogP contribution in [0.1, 0.15) is 13.3 Å². The highest BCUT2D eigenvalue weighted by Crippen LogP contribution is 2.25. The number of anilines is 1. The van der Waals surface area contributed by atoms with Crippen LogP contribution in [0.2, 0.25) is 5.02 Å². The Kier molecular flexibility index (Phi) is 7.58. The van der Waals surface area contributed by atoms with Crippen LogP contribution < -0.4 is 10.6 Å². The van der Waals surface area contributed by atoms with Crippen molar-refractivity contribution in [2.75, 3.05) is 25.1 Å². The molecule has 0 saturated heterocycles. The SMILES string of the molecule is CCOCCCNC(=S)Nc1ccc(Cl)c(Br)c1. The number of ether oxygens (including phenoxy) is 1. The van der Waals surface area contributed by atoms with Gasteiger partial charge in [-0.2, -0.15) is 0 Å². The van der Waals surface area contributed by atoms with E-state index in [9.17, 15) is 0 Å². The number of hydrogen-bond acceptors (Lipinski definition) is 2. The second-order valence-electron chi connectivity index (χ2n) is 3.56. The van der Waals surface area contributed by atoms with Gasteiger partial charge in [-0.3, -0.25) is 0 Å². The van der Waals surface area contributed by atoms with E-state index in [0.29, 0.717) is 10.1 Å². The molecule has 0 aliphatic heterocycles. The van der Waals surface area contributed by atoms with Crippen molar-refractivity contribution >= 4 is 50.5 Å². The number of hydrogen-bond donors (Lipinski definition) is 2. The minimum absolute atomic E-state index is 0.598. The summed E-state index contributed by atoms with van der Waals surface area (Å²) in [7, 11) is 0. The van der Waals surface area contributed by atoms with Crippen LogP contribution in [0.5, 0.6) is 0 Å². The minimum Gasteiger partial charge on any atom is -0.382 e. The van der Waals surface area contributed by atoms with Crippen molar-refractivity contribution in [2.24, 2.45) is 0 Å². The Morgan fingerprint density at radius 3 is 2.94 bits per heavy atom.